The SMILES string of the molecule is Cc1ccccc1CNC(=O)CNc1ccc(Cl)c(Cl)c1. The molecule has 21 heavy (non-hydrogen) atoms. The summed E-state index contributed by atoms with van der Waals surface area (Å²) in [7, 11) is 0. The molecule has 0 saturated heterocycles. The van der Waals surface area contributed by atoms with Crippen LogP contribution in [0, 0.1) is 6.92 Å². The van der Waals surface area contributed by atoms with E-state index in [0.717, 1.165) is 16.8 Å². The van der Waals surface area contributed by atoms with Gasteiger partial charge in [-0.1, -0.05) is 47.5 Å². The Kier molecular flexibility index (Phi) is 5.48. The second kappa shape index (κ2) is 7.34. The number of rotatable bonds is 5. The lowest BCUT2D eigenvalue weighted by molar-refractivity contribution is -0.119. The molecule has 2 aromatic carbocycles. The summed E-state index contributed by atoms with van der Waals surface area (Å²) >= 11 is 11.8. The number of carbonyl (C=O) groups is 1. The fourth-order valence-corrected chi connectivity index (χ4v) is 2.15. The number of aryl methyl sites for hydroxylation is 1. The number of hydrogen-bond acceptors (Lipinski definition) is 2. The Morgan fingerprint density at radius 1 is 1.10 bits per heavy atom. The van der Waals surface area contributed by atoms with Crippen LogP contribution < -0.4 is 10.6 Å². The molecular weight excluding hydrogens is 307 g/mol. The minimum atomic E-state index is -0.0793. The van der Waals surface area contributed by atoms with E-state index in [1.54, 1.807) is 18.2 Å². The van der Waals surface area contributed by atoms with Gasteiger partial charge in [-0.2, -0.15) is 0 Å². The van der Waals surface area contributed by atoms with E-state index in [0.29, 0.717) is 16.6 Å². The lowest BCUT2D eigenvalue weighted by Crippen LogP contribution is -2.29. The molecule has 1 amide bonds. The third kappa shape index (κ3) is 4.66. The highest BCUT2D eigenvalue weighted by Gasteiger charge is 2.04. The monoisotopic (exact) mass is 322 g/mol. The standard InChI is InChI=1S/C16H16Cl2N2O/c1-11-4-2-3-5-12(11)9-20-16(21)10-19-13-6-7-14(17)15(18)8-13/h2-8,19H,9-10H2,1H3,(H,20,21). The molecule has 0 bridgehead atoms. The van der Waals surface area contributed by atoms with Crippen LogP contribution in [0.15, 0.2) is 42.5 Å². The molecule has 0 aromatic heterocycles. The van der Waals surface area contributed by atoms with Gasteiger partial charge in [0.05, 0.1) is 16.6 Å². The van der Waals surface area contributed by atoms with Crippen LogP contribution in [0.25, 0.3) is 0 Å². The smallest absolute Gasteiger partial charge is 0.239 e. The van der Waals surface area contributed by atoms with Crippen LogP contribution in [0.5, 0.6) is 0 Å². The molecule has 2 aromatic rings. The normalized spacial score (nSPS) is 10.2. The number of anilines is 1. The predicted octanol–water partition coefficient (Wildman–Crippen LogP) is 4.03. The van der Waals surface area contributed by atoms with Gasteiger partial charge in [-0.25, -0.2) is 0 Å². The van der Waals surface area contributed by atoms with Crippen molar-refractivity contribution in [2.45, 2.75) is 13.5 Å². The number of nitrogens with one attached hydrogen (secondary N) is 2. The van der Waals surface area contributed by atoms with Crippen molar-refractivity contribution >= 4 is 34.8 Å². The van der Waals surface area contributed by atoms with Gasteiger partial charge in [-0.15, -0.1) is 0 Å². The van der Waals surface area contributed by atoms with Crippen molar-refractivity contribution in [3.05, 3.63) is 63.6 Å². The number of hydrogen-bond donors (Lipinski definition) is 2. The molecule has 0 heterocycles. The zero-order valence-corrected chi connectivity index (χ0v) is 13.1. The molecule has 5 heteroatoms. The van der Waals surface area contributed by atoms with Crippen LogP contribution in [0.1, 0.15) is 11.1 Å². The number of benzene rings is 2. The first-order chi connectivity index (χ1) is 10.1. The molecule has 0 atom stereocenters. The van der Waals surface area contributed by atoms with Crippen LogP contribution in [-0.4, -0.2) is 12.5 Å². The average Bonchev–Trinajstić information content (AvgIpc) is 2.47. The summed E-state index contributed by atoms with van der Waals surface area (Å²) in [5.41, 5.74) is 3.03. The highest BCUT2D eigenvalue weighted by Crippen LogP contribution is 2.24. The van der Waals surface area contributed by atoms with Gasteiger partial charge in [0.25, 0.3) is 0 Å². The molecule has 2 rings (SSSR count). The molecule has 0 aliphatic rings. The largest absolute Gasteiger partial charge is 0.376 e. The summed E-state index contributed by atoms with van der Waals surface area (Å²) in [6, 6.07) is 13.1. The van der Waals surface area contributed by atoms with Crippen molar-refractivity contribution in [3.63, 3.8) is 0 Å². The van der Waals surface area contributed by atoms with Gasteiger partial charge >= 0.3 is 0 Å². The Hall–Kier alpha value is -1.71. The Balaban J connectivity index is 1.82. The lowest BCUT2D eigenvalue weighted by atomic mass is 10.1. The summed E-state index contributed by atoms with van der Waals surface area (Å²) in [6.45, 7) is 2.73. The fraction of sp³-hybridized carbons (Fsp3) is 0.188. The fourth-order valence-electron chi connectivity index (χ4n) is 1.85. The van der Waals surface area contributed by atoms with Crippen LogP contribution in [0.3, 0.4) is 0 Å². The van der Waals surface area contributed by atoms with Gasteiger partial charge in [-0.05, 0) is 36.2 Å². The van der Waals surface area contributed by atoms with Crippen molar-refractivity contribution in [1.82, 2.24) is 5.32 Å². The van der Waals surface area contributed by atoms with E-state index in [4.69, 9.17) is 23.2 Å². The molecular formula is C16H16Cl2N2O. The van der Waals surface area contributed by atoms with Crippen molar-refractivity contribution in [1.29, 1.82) is 0 Å². The quantitative estimate of drug-likeness (QED) is 0.872. The maximum absolute atomic E-state index is 11.8. The van der Waals surface area contributed by atoms with E-state index in [1.165, 1.54) is 0 Å². The molecule has 0 fully saturated rings. The van der Waals surface area contributed by atoms with Crippen molar-refractivity contribution in [3.8, 4) is 0 Å². The summed E-state index contributed by atoms with van der Waals surface area (Å²) in [4.78, 5) is 11.8. The lowest BCUT2D eigenvalue weighted by Gasteiger charge is -2.10. The maximum atomic E-state index is 11.8. The van der Waals surface area contributed by atoms with Crippen LogP contribution >= 0.6 is 23.2 Å². The number of carbonyl (C=O) groups excluding carboxylic acids is 1. The van der Waals surface area contributed by atoms with E-state index < -0.39 is 0 Å². The second-order valence-electron chi connectivity index (χ2n) is 4.69. The molecule has 2 N–H and O–H groups in total. The minimum absolute atomic E-state index is 0.0793. The van der Waals surface area contributed by atoms with Crippen molar-refractivity contribution in [2.75, 3.05) is 11.9 Å². The molecule has 3 nitrogen and oxygen atoms in total. The summed E-state index contributed by atoms with van der Waals surface area (Å²) in [5.74, 6) is -0.0793. The molecule has 0 unspecified atom stereocenters. The number of halogens is 2. The Bertz CT molecular complexity index is 644. The van der Waals surface area contributed by atoms with Gasteiger partial charge in [-0.3, -0.25) is 4.79 Å². The molecule has 0 aliphatic heterocycles. The Morgan fingerprint density at radius 3 is 2.57 bits per heavy atom. The Morgan fingerprint density at radius 2 is 1.86 bits per heavy atom. The van der Waals surface area contributed by atoms with Crippen LogP contribution in [-0.2, 0) is 11.3 Å². The third-order valence-corrected chi connectivity index (χ3v) is 3.85. The predicted molar refractivity (Wildman–Crippen MR) is 88.0 cm³/mol. The summed E-state index contributed by atoms with van der Waals surface area (Å²) in [6.07, 6.45) is 0. The third-order valence-electron chi connectivity index (χ3n) is 3.11. The molecule has 0 spiro atoms. The van der Waals surface area contributed by atoms with Gasteiger partial charge in [0, 0.05) is 12.2 Å². The van der Waals surface area contributed by atoms with E-state index in [9.17, 15) is 4.79 Å². The molecule has 0 saturated carbocycles. The van der Waals surface area contributed by atoms with Crippen molar-refractivity contribution in [2.24, 2.45) is 0 Å². The topological polar surface area (TPSA) is 41.1 Å². The number of amides is 1. The average molecular weight is 323 g/mol. The Labute approximate surface area is 134 Å². The van der Waals surface area contributed by atoms with Gasteiger partial charge < -0.3 is 10.6 Å². The summed E-state index contributed by atoms with van der Waals surface area (Å²) in [5, 5.41) is 6.84. The first kappa shape index (κ1) is 15.7. The highest BCUT2D eigenvalue weighted by atomic mass is 35.5. The van der Waals surface area contributed by atoms with E-state index in [1.807, 2.05) is 31.2 Å². The maximum Gasteiger partial charge on any atom is 0.239 e. The zero-order chi connectivity index (χ0) is 15.2. The first-order valence-corrected chi connectivity index (χ1v) is 7.32. The minimum Gasteiger partial charge on any atom is -0.376 e. The molecule has 0 aliphatic carbocycles. The van der Waals surface area contributed by atoms with Gasteiger partial charge in [0.15, 0.2) is 0 Å². The highest BCUT2D eigenvalue weighted by molar-refractivity contribution is 6.42. The van der Waals surface area contributed by atoms with Crippen molar-refractivity contribution < 1.29 is 4.79 Å². The second-order valence-corrected chi connectivity index (χ2v) is 5.50. The molecule has 110 valence electrons. The van der Waals surface area contributed by atoms with Gasteiger partial charge in [0.2, 0.25) is 5.91 Å². The molecule has 0 radical (unpaired) electrons. The van der Waals surface area contributed by atoms with E-state index >= 15 is 0 Å². The zero-order valence-electron chi connectivity index (χ0n) is 11.6. The van der Waals surface area contributed by atoms with Crippen LogP contribution in [0.4, 0.5) is 5.69 Å². The van der Waals surface area contributed by atoms with Gasteiger partial charge in [0.1, 0.15) is 0 Å². The van der Waals surface area contributed by atoms with Crippen LogP contribution in [0.2, 0.25) is 10.0 Å². The summed E-state index contributed by atoms with van der Waals surface area (Å²) < 4.78 is 0. The van der Waals surface area contributed by atoms with E-state index in [-0.39, 0.29) is 12.5 Å². The van der Waals surface area contributed by atoms with E-state index in [2.05, 4.69) is 10.6 Å². The first-order valence-electron chi connectivity index (χ1n) is 6.56.